The third-order valence-corrected chi connectivity index (χ3v) is 3.51. The summed E-state index contributed by atoms with van der Waals surface area (Å²) in [5, 5.41) is 18.7. The van der Waals surface area contributed by atoms with Crippen molar-refractivity contribution in [3.63, 3.8) is 0 Å². The van der Waals surface area contributed by atoms with E-state index >= 15 is 0 Å². The number of aliphatic carboxylic acids is 1. The Morgan fingerprint density at radius 1 is 1.39 bits per heavy atom. The molecule has 6 heteroatoms. The predicted octanol–water partition coefficient (Wildman–Crippen LogP) is 0.501. The van der Waals surface area contributed by atoms with Crippen LogP contribution in [-0.4, -0.2) is 63.3 Å². The summed E-state index contributed by atoms with van der Waals surface area (Å²) in [6.45, 7) is 2.78. The van der Waals surface area contributed by atoms with Gasteiger partial charge in [-0.05, 0) is 19.3 Å². The summed E-state index contributed by atoms with van der Waals surface area (Å²) in [6.07, 6.45) is 2.26. The third-order valence-electron chi connectivity index (χ3n) is 3.51. The number of likely N-dealkylation sites (tertiary alicyclic amines) is 1. The van der Waals surface area contributed by atoms with Crippen LogP contribution in [0.5, 0.6) is 0 Å². The Bertz CT molecular complexity index is 343. The Balaban J connectivity index is 2.08. The summed E-state index contributed by atoms with van der Waals surface area (Å²) in [5.41, 5.74) is 0. The van der Waals surface area contributed by atoms with E-state index in [2.05, 4.69) is 0 Å². The Labute approximate surface area is 106 Å². The van der Waals surface area contributed by atoms with Gasteiger partial charge in [-0.15, -0.1) is 0 Å². The summed E-state index contributed by atoms with van der Waals surface area (Å²) in [6, 6.07) is -0.849. The zero-order valence-corrected chi connectivity index (χ0v) is 10.6. The molecule has 6 nitrogen and oxygen atoms in total. The standard InChI is InChI=1S/C12H20N2O4/c1-2-5-13(8-3-4-8)12(18)14-7-9(15)6-10(14)11(16)17/h8-10,15H,2-7H2,1H3,(H,16,17). The second-order valence-corrected chi connectivity index (χ2v) is 5.10. The molecule has 1 aliphatic carbocycles. The average Bonchev–Trinajstić information content (AvgIpc) is 3.07. The SMILES string of the molecule is CCCN(C(=O)N1CC(O)CC1C(=O)O)C1CC1. The number of nitrogens with zero attached hydrogens (tertiary/aromatic N) is 2. The lowest BCUT2D eigenvalue weighted by Crippen LogP contribution is -2.49. The predicted molar refractivity (Wildman–Crippen MR) is 64.2 cm³/mol. The van der Waals surface area contributed by atoms with Gasteiger partial charge in [-0.2, -0.15) is 0 Å². The average molecular weight is 256 g/mol. The first-order chi connectivity index (χ1) is 8.54. The maximum atomic E-state index is 12.4. The number of carbonyl (C=O) groups excluding carboxylic acids is 1. The van der Waals surface area contributed by atoms with Crippen molar-refractivity contribution < 1.29 is 19.8 Å². The van der Waals surface area contributed by atoms with E-state index in [1.54, 1.807) is 4.90 Å². The smallest absolute Gasteiger partial charge is 0.326 e. The molecule has 2 aliphatic rings. The van der Waals surface area contributed by atoms with Gasteiger partial charge in [-0.25, -0.2) is 9.59 Å². The van der Waals surface area contributed by atoms with Crippen molar-refractivity contribution in [2.45, 2.75) is 50.8 Å². The number of aliphatic hydroxyl groups is 1. The topological polar surface area (TPSA) is 81.1 Å². The molecule has 18 heavy (non-hydrogen) atoms. The van der Waals surface area contributed by atoms with Gasteiger partial charge in [-0.3, -0.25) is 0 Å². The number of amides is 2. The summed E-state index contributed by atoms with van der Waals surface area (Å²) in [4.78, 5) is 26.5. The van der Waals surface area contributed by atoms with E-state index < -0.39 is 18.1 Å². The molecule has 0 radical (unpaired) electrons. The second kappa shape index (κ2) is 5.14. The Morgan fingerprint density at radius 2 is 2.06 bits per heavy atom. The monoisotopic (exact) mass is 256 g/mol. The summed E-state index contributed by atoms with van der Waals surface area (Å²) < 4.78 is 0. The lowest BCUT2D eigenvalue weighted by molar-refractivity contribution is -0.141. The number of carboxylic acids is 1. The summed E-state index contributed by atoms with van der Waals surface area (Å²) in [5.74, 6) is -1.04. The molecule has 0 aromatic carbocycles. The molecule has 2 fully saturated rings. The fraction of sp³-hybridized carbons (Fsp3) is 0.833. The quantitative estimate of drug-likeness (QED) is 0.767. The molecular formula is C12H20N2O4. The number of hydrogen-bond donors (Lipinski definition) is 2. The molecule has 2 rings (SSSR count). The number of urea groups is 1. The molecular weight excluding hydrogens is 236 g/mol. The van der Waals surface area contributed by atoms with Crippen LogP contribution in [0.2, 0.25) is 0 Å². The van der Waals surface area contributed by atoms with E-state index in [4.69, 9.17) is 5.11 Å². The van der Waals surface area contributed by atoms with Gasteiger partial charge >= 0.3 is 12.0 Å². The molecule has 0 spiro atoms. The fourth-order valence-corrected chi connectivity index (χ4v) is 2.49. The minimum Gasteiger partial charge on any atom is -0.480 e. The van der Waals surface area contributed by atoms with Crippen LogP contribution in [0, 0.1) is 0 Å². The highest BCUT2D eigenvalue weighted by Crippen LogP contribution is 2.30. The molecule has 0 aromatic heterocycles. The Morgan fingerprint density at radius 3 is 2.56 bits per heavy atom. The number of aliphatic hydroxyl groups excluding tert-OH is 1. The van der Waals surface area contributed by atoms with Gasteiger partial charge in [-0.1, -0.05) is 6.92 Å². The molecule has 1 saturated heterocycles. The Hall–Kier alpha value is -1.30. The zero-order chi connectivity index (χ0) is 13.3. The molecule has 1 aliphatic heterocycles. The molecule has 2 atom stereocenters. The van der Waals surface area contributed by atoms with E-state index in [1.807, 2.05) is 6.92 Å². The first-order valence-electron chi connectivity index (χ1n) is 6.52. The zero-order valence-electron chi connectivity index (χ0n) is 10.6. The molecule has 2 unspecified atom stereocenters. The molecule has 1 heterocycles. The van der Waals surface area contributed by atoms with E-state index in [0.29, 0.717) is 6.54 Å². The molecule has 2 amide bonds. The largest absolute Gasteiger partial charge is 0.480 e. The highest BCUT2D eigenvalue weighted by molar-refractivity contribution is 5.83. The molecule has 102 valence electrons. The summed E-state index contributed by atoms with van der Waals surface area (Å²) in [7, 11) is 0. The second-order valence-electron chi connectivity index (χ2n) is 5.10. The van der Waals surface area contributed by atoms with Crippen molar-refractivity contribution in [1.82, 2.24) is 9.80 Å². The van der Waals surface area contributed by atoms with E-state index in [9.17, 15) is 14.7 Å². The van der Waals surface area contributed by atoms with Crippen molar-refractivity contribution in [1.29, 1.82) is 0 Å². The highest BCUT2D eigenvalue weighted by atomic mass is 16.4. The van der Waals surface area contributed by atoms with E-state index in [1.165, 1.54) is 4.90 Å². The van der Waals surface area contributed by atoms with Crippen LogP contribution >= 0.6 is 0 Å². The van der Waals surface area contributed by atoms with E-state index in [-0.39, 0.29) is 25.0 Å². The number of β-amino-alcohol motifs (C(OH)–C–C–N with tert-alkyl or cyclic N) is 1. The van der Waals surface area contributed by atoms with Gasteiger partial charge in [0, 0.05) is 25.6 Å². The number of carbonyl (C=O) groups is 2. The van der Waals surface area contributed by atoms with Gasteiger partial charge in [0.15, 0.2) is 0 Å². The van der Waals surface area contributed by atoms with Crippen LogP contribution in [0.25, 0.3) is 0 Å². The van der Waals surface area contributed by atoms with Crippen molar-refractivity contribution >= 4 is 12.0 Å². The van der Waals surface area contributed by atoms with Crippen LogP contribution in [0.3, 0.4) is 0 Å². The van der Waals surface area contributed by atoms with Crippen LogP contribution in [0.1, 0.15) is 32.6 Å². The van der Waals surface area contributed by atoms with Gasteiger partial charge < -0.3 is 20.0 Å². The maximum Gasteiger partial charge on any atom is 0.326 e. The molecule has 1 saturated carbocycles. The normalized spacial score (nSPS) is 27.3. The lowest BCUT2D eigenvalue weighted by atomic mass is 10.2. The number of carboxylic acid groups (broad SMARTS) is 1. The number of rotatable bonds is 4. The van der Waals surface area contributed by atoms with Crippen LogP contribution < -0.4 is 0 Å². The van der Waals surface area contributed by atoms with Crippen LogP contribution in [0.4, 0.5) is 4.79 Å². The molecule has 2 N–H and O–H groups in total. The Kier molecular flexibility index (Phi) is 3.75. The minimum absolute atomic E-state index is 0.128. The molecule has 0 aromatic rings. The van der Waals surface area contributed by atoms with Gasteiger partial charge in [0.2, 0.25) is 0 Å². The lowest BCUT2D eigenvalue weighted by Gasteiger charge is -2.30. The third kappa shape index (κ3) is 2.58. The van der Waals surface area contributed by atoms with Gasteiger partial charge in [0.25, 0.3) is 0 Å². The van der Waals surface area contributed by atoms with Crippen LogP contribution in [0.15, 0.2) is 0 Å². The van der Waals surface area contributed by atoms with Crippen molar-refractivity contribution in [3.8, 4) is 0 Å². The van der Waals surface area contributed by atoms with Crippen molar-refractivity contribution in [2.75, 3.05) is 13.1 Å². The van der Waals surface area contributed by atoms with E-state index in [0.717, 1.165) is 19.3 Å². The fourth-order valence-electron chi connectivity index (χ4n) is 2.49. The van der Waals surface area contributed by atoms with Crippen molar-refractivity contribution in [2.24, 2.45) is 0 Å². The first kappa shape index (κ1) is 13.1. The van der Waals surface area contributed by atoms with Gasteiger partial charge in [0.05, 0.1) is 6.10 Å². The van der Waals surface area contributed by atoms with Crippen LogP contribution in [-0.2, 0) is 4.79 Å². The minimum atomic E-state index is -1.04. The number of hydrogen-bond acceptors (Lipinski definition) is 3. The van der Waals surface area contributed by atoms with Crippen molar-refractivity contribution in [3.05, 3.63) is 0 Å². The van der Waals surface area contributed by atoms with Gasteiger partial charge in [0.1, 0.15) is 6.04 Å². The first-order valence-corrected chi connectivity index (χ1v) is 6.52. The highest BCUT2D eigenvalue weighted by Gasteiger charge is 2.43. The summed E-state index contributed by atoms with van der Waals surface area (Å²) >= 11 is 0. The maximum absolute atomic E-state index is 12.4. The molecule has 0 bridgehead atoms.